The first-order valence-electron chi connectivity index (χ1n) is 5.73. The number of halogens is 3. The highest BCUT2D eigenvalue weighted by Gasteiger charge is 2.36. The van der Waals surface area contributed by atoms with E-state index in [2.05, 4.69) is 9.89 Å². The Balaban J connectivity index is 2.36. The second-order valence-corrected chi connectivity index (χ2v) is 3.91. The van der Waals surface area contributed by atoms with Crippen molar-refractivity contribution in [2.45, 2.75) is 19.2 Å². The molecular formula is C12H15F3N2O3. The first kappa shape index (κ1) is 16.1. The van der Waals surface area contributed by atoms with Crippen molar-refractivity contribution in [2.75, 3.05) is 13.2 Å². The van der Waals surface area contributed by atoms with Gasteiger partial charge in [-0.1, -0.05) is 5.16 Å². The van der Waals surface area contributed by atoms with Crippen molar-refractivity contribution in [1.29, 1.82) is 0 Å². The van der Waals surface area contributed by atoms with Gasteiger partial charge in [-0.05, 0) is 31.2 Å². The summed E-state index contributed by atoms with van der Waals surface area (Å²) in [5.41, 5.74) is 5.87. The Kier molecular flexibility index (Phi) is 5.63. The molecule has 0 aliphatic rings. The fraction of sp³-hybridized carbons (Fsp3) is 0.417. The highest BCUT2D eigenvalue weighted by molar-refractivity contribution is 5.97. The molecule has 3 N–H and O–H groups in total. The van der Waals surface area contributed by atoms with Crippen LogP contribution in [0.4, 0.5) is 13.2 Å². The van der Waals surface area contributed by atoms with E-state index in [9.17, 15) is 13.2 Å². The Morgan fingerprint density at radius 3 is 2.40 bits per heavy atom. The molecule has 0 radical (unpaired) electrons. The van der Waals surface area contributed by atoms with E-state index in [0.29, 0.717) is 11.3 Å². The van der Waals surface area contributed by atoms with Crippen LogP contribution in [0.1, 0.15) is 12.5 Å². The molecule has 112 valence electrons. The predicted molar refractivity (Wildman–Crippen MR) is 65.9 cm³/mol. The minimum Gasteiger partial charge on any atom is -0.491 e. The highest BCUT2D eigenvalue weighted by Crippen LogP contribution is 2.22. The zero-order valence-corrected chi connectivity index (χ0v) is 10.7. The second-order valence-electron chi connectivity index (χ2n) is 3.91. The molecule has 1 aromatic carbocycles. The van der Waals surface area contributed by atoms with Crippen LogP contribution >= 0.6 is 0 Å². The van der Waals surface area contributed by atoms with Crippen molar-refractivity contribution in [1.82, 2.24) is 0 Å². The minimum absolute atomic E-state index is 0.0106. The number of alkyl halides is 3. The summed E-state index contributed by atoms with van der Waals surface area (Å²) in [6.07, 6.45) is -6.20. The van der Waals surface area contributed by atoms with Crippen LogP contribution in [0.15, 0.2) is 29.4 Å². The van der Waals surface area contributed by atoms with Crippen molar-refractivity contribution in [3.8, 4) is 5.75 Å². The number of rotatable bonds is 6. The molecule has 1 unspecified atom stereocenters. The molecule has 0 aromatic heterocycles. The van der Waals surface area contributed by atoms with Crippen molar-refractivity contribution in [3.63, 3.8) is 0 Å². The average molecular weight is 292 g/mol. The number of hydrogen-bond donors (Lipinski definition) is 2. The molecule has 0 saturated carbocycles. The molecule has 0 spiro atoms. The molecule has 0 aliphatic carbocycles. The quantitative estimate of drug-likeness (QED) is 0.277. The largest absolute Gasteiger partial charge is 0.491 e. The molecule has 0 aliphatic heterocycles. The van der Waals surface area contributed by atoms with Gasteiger partial charge in [0.1, 0.15) is 12.4 Å². The lowest BCUT2D eigenvalue weighted by Crippen LogP contribution is -2.29. The van der Waals surface area contributed by atoms with Crippen LogP contribution in [0.2, 0.25) is 0 Å². The predicted octanol–water partition coefficient (Wildman–Crippen LogP) is 2.13. The number of oxime groups is 1. The van der Waals surface area contributed by atoms with Gasteiger partial charge in [0.25, 0.3) is 0 Å². The summed E-state index contributed by atoms with van der Waals surface area (Å²) in [5, 5.41) is 11.3. The zero-order valence-electron chi connectivity index (χ0n) is 10.7. The topological polar surface area (TPSA) is 77.1 Å². The van der Waals surface area contributed by atoms with Crippen LogP contribution in [-0.4, -0.2) is 36.5 Å². The molecule has 0 fully saturated rings. The number of ether oxygens (including phenoxy) is 2. The maximum atomic E-state index is 12.1. The van der Waals surface area contributed by atoms with Gasteiger partial charge in [0.05, 0.1) is 6.61 Å². The van der Waals surface area contributed by atoms with Gasteiger partial charge in [0, 0.05) is 5.56 Å². The molecule has 20 heavy (non-hydrogen) atoms. The summed E-state index contributed by atoms with van der Waals surface area (Å²) in [4.78, 5) is 0. The summed E-state index contributed by atoms with van der Waals surface area (Å²) in [6, 6.07) is 6.23. The van der Waals surface area contributed by atoms with Crippen molar-refractivity contribution in [2.24, 2.45) is 10.9 Å². The van der Waals surface area contributed by atoms with Gasteiger partial charge in [0.2, 0.25) is 0 Å². The van der Waals surface area contributed by atoms with Gasteiger partial charge in [-0.2, -0.15) is 13.2 Å². The Bertz CT molecular complexity index is 446. The van der Waals surface area contributed by atoms with E-state index >= 15 is 0 Å². The maximum absolute atomic E-state index is 12.1. The summed E-state index contributed by atoms with van der Waals surface area (Å²) in [5.74, 6) is 0.404. The molecule has 1 aromatic rings. The summed E-state index contributed by atoms with van der Waals surface area (Å²) in [7, 11) is 0. The highest BCUT2D eigenvalue weighted by atomic mass is 19.4. The van der Waals surface area contributed by atoms with Crippen LogP contribution in [0.3, 0.4) is 0 Å². The second kappa shape index (κ2) is 6.99. The Labute approximate surface area is 113 Å². The van der Waals surface area contributed by atoms with Gasteiger partial charge in [-0.3, -0.25) is 0 Å². The molecule has 1 atom stereocenters. The monoisotopic (exact) mass is 292 g/mol. The first-order chi connectivity index (χ1) is 9.34. The zero-order chi connectivity index (χ0) is 15.2. The molecule has 1 rings (SSSR count). The van der Waals surface area contributed by atoms with Crippen LogP contribution in [0.25, 0.3) is 0 Å². The molecule has 0 heterocycles. The van der Waals surface area contributed by atoms with Crippen LogP contribution in [0.5, 0.6) is 5.75 Å². The average Bonchev–Trinajstić information content (AvgIpc) is 2.42. The van der Waals surface area contributed by atoms with Gasteiger partial charge in [-0.15, -0.1) is 0 Å². The lowest BCUT2D eigenvalue weighted by molar-refractivity contribution is -0.215. The van der Waals surface area contributed by atoms with Crippen LogP contribution in [-0.2, 0) is 4.74 Å². The van der Waals surface area contributed by atoms with Crippen molar-refractivity contribution < 1.29 is 27.9 Å². The number of amidine groups is 1. The van der Waals surface area contributed by atoms with Crippen molar-refractivity contribution >= 4 is 5.84 Å². The van der Waals surface area contributed by atoms with E-state index in [-0.39, 0.29) is 19.0 Å². The minimum atomic E-state index is -4.37. The lowest BCUT2D eigenvalue weighted by atomic mass is 10.2. The smallest absolute Gasteiger partial charge is 0.414 e. The Morgan fingerprint density at radius 2 is 1.90 bits per heavy atom. The molecule has 0 saturated heterocycles. The summed E-state index contributed by atoms with van der Waals surface area (Å²) >= 11 is 0. The van der Waals surface area contributed by atoms with E-state index in [1.54, 1.807) is 24.3 Å². The Morgan fingerprint density at radius 1 is 1.30 bits per heavy atom. The fourth-order valence-corrected chi connectivity index (χ4v) is 1.26. The standard InChI is InChI=1S/C12H15F3N2O3/c1-8(12(13,14)15)19-6-7-20-10-4-2-9(3-5-10)11(16)17-18/h2-5,8,18H,6-7H2,1H3,(H2,16,17). The van der Waals surface area contributed by atoms with E-state index in [0.717, 1.165) is 6.92 Å². The van der Waals surface area contributed by atoms with Gasteiger partial charge in [-0.25, -0.2) is 0 Å². The third-order valence-corrected chi connectivity index (χ3v) is 2.44. The summed E-state index contributed by atoms with van der Waals surface area (Å²) in [6.45, 7) is 0.748. The number of nitrogens with two attached hydrogens (primary N) is 1. The van der Waals surface area contributed by atoms with E-state index in [1.807, 2.05) is 0 Å². The molecule has 0 bridgehead atoms. The lowest BCUT2D eigenvalue weighted by Gasteiger charge is -2.16. The molecular weight excluding hydrogens is 277 g/mol. The van der Waals surface area contributed by atoms with Gasteiger partial charge >= 0.3 is 6.18 Å². The fourth-order valence-electron chi connectivity index (χ4n) is 1.26. The van der Waals surface area contributed by atoms with Crippen LogP contribution in [0, 0.1) is 0 Å². The Hall–Kier alpha value is -1.96. The molecule has 5 nitrogen and oxygen atoms in total. The normalized spacial score (nSPS) is 14.1. The molecule has 0 amide bonds. The third kappa shape index (κ3) is 4.96. The maximum Gasteiger partial charge on any atom is 0.414 e. The van der Waals surface area contributed by atoms with E-state index in [4.69, 9.17) is 15.7 Å². The van der Waals surface area contributed by atoms with Gasteiger partial charge < -0.3 is 20.4 Å². The first-order valence-corrected chi connectivity index (χ1v) is 5.73. The van der Waals surface area contributed by atoms with Crippen LogP contribution < -0.4 is 10.5 Å². The number of hydrogen-bond acceptors (Lipinski definition) is 4. The number of benzene rings is 1. The molecule has 8 heteroatoms. The third-order valence-electron chi connectivity index (χ3n) is 2.44. The van der Waals surface area contributed by atoms with Crippen molar-refractivity contribution in [3.05, 3.63) is 29.8 Å². The number of nitrogens with zero attached hydrogens (tertiary/aromatic N) is 1. The SMILES string of the molecule is CC(OCCOc1ccc(C(N)=NO)cc1)C(F)(F)F. The van der Waals surface area contributed by atoms with E-state index < -0.39 is 12.3 Å². The van der Waals surface area contributed by atoms with Gasteiger partial charge in [0.15, 0.2) is 11.9 Å². The van der Waals surface area contributed by atoms with E-state index in [1.165, 1.54) is 0 Å². The summed E-state index contributed by atoms with van der Waals surface area (Å²) < 4.78 is 46.2.